The Labute approximate surface area is 143 Å². The summed E-state index contributed by atoms with van der Waals surface area (Å²) < 4.78 is 28.2. The van der Waals surface area contributed by atoms with Gasteiger partial charge in [0.05, 0.1) is 10.6 Å². The van der Waals surface area contributed by atoms with Crippen molar-refractivity contribution in [1.82, 2.24) is 5.32 Å². The van der Waals surface area contributed by atoms with E-state index in [-0.39, 0.29) is 4.90 Å². The number of sulfonamides is 1. The highest BCUT2D eigenvalue weighted by atomic mass is 127. The molecule has 21 heavy (non-hydrogen) atoms. The SMILES string of the molecule is CNCc1cccc(S(=O)(=O)Nc2ccc(Cl)cc2I)c1. The molecule has 0 unspecified atom stereocenters. The maximum absolute atomic E-state index is 12.4. The lowest BCUT2D eigenvalue weighted by Crippen LogP contribution is -2.14. The molecular formula is C14H14ClIN2O2S. The van der Waals surface area contributed by atoms with Crippen LogP contribution in [0.2, 0.25) is 5.02 Å². The standard InChI is InChI=1S/C14H14ClIN2O2S/c1-17-9-10-3-2-4-12(7-10)21(19,20)18-14-6-5-11(15)8-13(14)16/h2-8,17-18H,9H2,1H3. The second-order valence-electron chi connectivity index (χ2n) is 4.41. The minimum atomic E-state index is -3.62. The van der Waals surface area contributed by atoms with Gasteiger partial charge >= 0.3 is 0 Å². The van der Waals surface area contributed by atoms with Crippen LogP contribution < -0.4 is 10.0 Å². The van der Waals surface area contributed by atoms with Crippen LogP contribution in [-0.2, 0) is 16.6 Å². The highest BCUT2D eigenvalue weighted by Gasteiger charge is 2.16. The molecule has 7 heteroatoms. The molecule has 0 aliphatic heterocycles. The topological polar surface area (TPSA) is 58.2 Å². The third-order valence-corrected chi connectivity index (χ3v) is 5.26. The number of nitrogens with one attached hydrogen (secondary N) is 2. The highest BCUT2D eigenvalue weighted by molar-refractivity contribution is 14.1. The number of rotatable bonds is 5. The Morgan fingerprint density at radius 2 is 1.95 bits per heavy atom. The molecule has 0 aliphatic carbocycles. The van der Waals surface area contributed by atoms with Crippen molar-refractivity contribution in [2.75, 3.05) is 11.8 Å². The van der Waals surface area contributed by atoms with Crippen LogP contribution in [-0.4, -0.2) is 15.5 Å². The minimum Gasteiger partial charge on any atom is -0.316 e. The minimum absolute atomic E-state index is 0.237. The Morgan fingerprint density at radius 1 is 1.19 bits per heavy atom. The molecule has 0 radical (unpaired) electrons. The summed E-state index contributed by atoms with van der Waals surface area (Å²) in [5.74, 6) is 0. The molecule has 0 heterocycles. The lowest BCUT2D eigenvalue weighted by molar-refractivity contribution is 0.601. The van der Waals surface area contributed by atoms with Gasteiger partial charge in [-0.15, -0.1) is 0 Å². The van der Waals surface area contributed by atoms with Crippen molar-refractivity contribution in [3.8, 4) is 0 Å². The molecule has 0 spiro atoms. The summed E-state index contributed by atoms with van der Waals surface area (Å²) in [6.07, 6.45) is 0. The molecule has 0 fully saturated rings. The molecule has 2 rings (SSSR count). The zero-order valence-electron chi connectivity index (χ0n) is 11.2. The Morgan fingerprint density at radius 3 is 2.62 bits per heavy atom. The molecule has 0 bridgehead atoms. The maximum atomic E-state index is 12.4. The van der Waals surface area contributed by atoms with Crippen LogP contribution in [0.25, 0.3) is 0 Å². The van der Waals surface area contributed by atoms with Gasteiger partial charge in [0.2, 0.25) is 0 Å². The first-order valence-corrected chi connectivity index (χ1v) is 9.08. The first-order chi connectivity index (χ1) is 9.92. The molecule has 0 amide bonds. The number of halogens is 2. The molecule has 0 saturated carbocycles. The van der Waals surface area contributed by atoms with Crippen LogP contribution >= 0.6 is 34.2 Å². The van der Waals surface area contributed by atoms with E-state index in [1.54, 1.807) is 36.4 Å². The second kappa shape index (κ2) is 6.95. The Hall–Kier alpha value is -0.830. The molecule has 2 aromatic rings. The predicted octanol–water partition coefficient (Wildman–Crippen LogP) is 3.46. The lowest BCUT2D eigenvalue weighted by Gasteiger charge is -2.11. The van der Waals surface area contributed by atoms with Gasteiger partial charge in [-0.1, -0.05) is 23.7 Å². The van der Waals surface area contributed by atoms with E-state index in [1.807, 2.05) is 35.7 Å². The van der Waals surface area contributed by atoms with Gasteiger partial charge in [0.25, 0.3) is 10.0 Å². The molecular weight excluding hydrogens is 423 g/mol. The van der Waals surface area contributed by atoms with Crippen LogP contribution in [0.15, 0.2) is 47.4 Å². The monoisotopic (exact) mass is 436 g/mol. The largest absolute Gasteiger partial charge is 0.316 e. The zero-order chi connectivity index (χ0) is 15.5. The summed E-state index contributed by atoms with van der Waals surface area (Å²) in [5, 5.41) is 3.56. The van der Waals surface area contributed by atoms with Gasteiger partial charge in [-0.05, 0) is 65.5 Å². The van der Waals surface area contributed by atoms with E-state index in [0.29, 0.717) is 17.3 Å². The molecule has 4 nitrogen and oxygen atoms in total. The predicted molar refractivity (Wildman–Crippen MR) is 94.2 cm³/mol. The van der Waals surface area contributed by atoms with Crippen LogP contribution in [0.3, 0.4) is 0 Å². The Balaban J connectivity index is 2.31. The summed E-state index contributed by atoms with van der Waals surface area (Å²) >= 11 is 7.92. The van der Waals surface area contributed by atoms with Crippen molar-refractivity contribution < 1.29 is 8.42 Å². The normalized spacial score (nSPS) is 11.4. The first-order valence-electron chi connectivity index (χ1n) is 6.14. The molecule has 0 aliphatic rings. The van der Waals surface area contributed by atoms with E-state index in [4.69, 9.17) is 11.6 Å². The van der Waals surface area contributed by atoms with Crippen molar-refractivity contribution in [3.63, 3.8) is 0 Å². The zero-order valence-corrected chi connectivity index (χ0v) is 15.0. The van der Waals surface area contributed by atoms with Gasteiger partial charge in [0, 0.05) is 15.1 Å². The fraction of sp³-hybridized carbons (Fsp3) is 0.143. The van der Waals surface area contributed by atoms with Crippen LogP contribution in [0.4, 0.5) is 5.69 Å². The van der Waals surface area contributed by atoms with Gasteiger partial charge in [-0.2, -0.15) is 0 Å². The quantitative estimate of drug-likeness (QED) is 0.706. The Kier molecular flexibility index (Phi) is 5.48. The van der Waals surface area contributed by atoms with E-state index in [2.05, 4.69) is 10.0 Å². The molecule has 0 saturated heterocycles. The van der Waals surface area contributed by atoms with Crippen LogP contribution in [0.5, 0.6) is 0 Å². The second-order valence-corrected chi connectivity index (χ2v) is 7.69. The van der Waals surface area contributed by atoms with E-state index in [1.165, 1.54) is 0 Å². The van der Waals surface area contributed by atoms with Gasteiger partial charge < -0.3 is 5.32 Å². The van der Waals surface area contributed by atoms with E-state index >= 15 is 0 Å². The lowest BCUT2D eigenvalue weighted by atomic mass is 10.2. The van der Waals surface area contributed by atoms with E-state index < -0.39 is 10.0 Å². The van der Waals surface area contributed by atoms with Crippen molar-refractivity contribution in [2.24, 2.45) is 0 Å². The first kappa shape index (κ1) is 16.5. The third kappa shape index (κ3) is 4.32. The summed E-state index contributed by atoms with van der Waals surface area (Å²) in [6.45, 7) is 0.613. The highest BCUT2D eigenvalue weighted by Crippen LogP contribution is 2.25. The van der Waals surface area contributed by atoms with E-state index in [9.17, 15) is 8.42 Å². The fourth-order valence-corrected chi connectivity index (χ4v) is 4.14. The van der Waals surface area contributed by atoms with Crippen LogP contribution in [0.1, 0.15) is 5.56 Å². The number of anilines is 1. The van der Waals surface area contributed by atoms with Crippen LogP contribution in [0, 0.1) is 3.57 Å². The number of hydrogen-bond acceptors (Lipinski definition) is 3. The smallest absolute Gasteiger partial charge is 0.261 e. The van der Waals surface area contributed by atoms with Crippen molar-refractivity contribution in [3.05, 3.63) is 56.6 Å². The van der Waals surface area contributed by atoms with Crippen molar-refractivity contribution >= 4 is 49.9 Å². The van der Waals surface area contributed by atoms with Gasteiger partial charge in [0.1, 0.15) is 0 Å². The summed E-state index contributed by atoms with van der Waals surface area (Å²) in [5.41, 5.74) is 1.42. The van der Waals surface area contributed by atoms with Gasteiger partial charge in [-0.3, -0.25) is 4.72 Å². The molecule has 112 valence electrons. The number of benzene rings is 2. The Bertz CT molecular complexity index is 750. The summed E-state index contributed by atoms with van der Waals surface area (Å²) in [7, 11) is -1.80. The molecule has 2 N–H and O–H groups in total. The average molecular weight is 437 g/mol. The van der Waals surface area contributed by atoms with Crippen molar-refractivity contribution in [1.29, 1.82) is 0 Å². The fourth-order valence-electron chi connectivity index (χ4n) is 1.80. The van der Waals surface area contributed by atoms with Crippen molar-refractivity contribution in [2.45, 2.75) is 11.4 Å². The molecule has 0 aromatic heterocycles. The van der Waals surface area contributed by atoms with Gasteiger partial charge in [0.15, 0.2) is 0 Å². The molecule has 0 atom stereocenters. The maximum Gasteiger partial charge on any atom is 0.261 e. The van der Waals surface area contributed by atoms with E-state index in [0.717, 1.165) is 9.13 Å². The summed E-state index contributed by atoms with van der Waals surface area (Å²) in [6, 6.07) is 11.8. The third-order valence-electron chi connectivity index (χ3n) is 2.77. The average Bonchev–Trinajstić information content (AvgIpc) is 2.43. The summed E-state index contributed by atoms with van der Waals surface area (Å²) in [4.78, 5) is 0.237. The van der Waals surface area contributed by atoms with Gasteiger partial charge in [-0.25, -0.2) is 8.42 Å². The number of hydrogen-bond donors (Lipinski definition) is 2. The molecule has 2 aromatic carbocycles.